The van der Waals surface area contributed by atoms with Gasteiger partial charge in [-0.1, -0.05) is 11.6 Å². The number of ether oxygens (including phenoxy) is 1. The zero-order valence-corrected chi connectivity index (χ0v) is 16.3. The van der Waals surface area contributed by atoms with Gasteiger partial charge in [0, 0.05) is 26.2 Å². The van der Waals surface area contributed by atoms with Crippen LogP contribution < -0.4 is 4.72 Å². The minimum Gasteiger partial charge on any atom is -0.379 e. The van der Waals surface area contributed by atoms with Crippen LogP contribution in [0, 0.1) is 6.92 Å². The summed E-state index contributed by atoms with van der Waals surface area (Å²) < 4.78 is 32.2. The highest BCUT2D eigenvalue weighted by atomic mass is 32.2. The summed E-state index contributed by atoms with van der Waals surface area (Å²) in [5, 5.41) is 0. The summed E-state index contributed by atoms with van der Waals surface area (Å²) in [5.74, 6) is -1.16. The molecule has 27 heavy (non-hydrogen) atoms. The normalized spacial score (nSPS) is 18.2. The first kappa shape index (κ1) is 19.9. The molecule has 0 radical (unpaired) electrons. The molecule has 2 aliphatic rings. The molecule has 0 saturated carbocycles. The Labute approximate surface area is 159 Å². The number of imide groups is 1. The molecule has 1 N–H and O–H groups in total. The van der Waals surface area contributed by atoms with Crippen molar-refractivity contribution < 1.29 is 22.7 Å². The zero-order valence-electron chi connectivity index (χ0n) is 15.4. The Morgan fingerprint density at radius 3 is 2.52 bits per heavy atom. The minimum absolute atomic E-state index is 0.149. The van der Waals surface area contributed by atoms with Gasteiger partial charge in [0.1, 0.15) is 0 Å². The molecule has 2 aliphatic heterocycles. The summed E-state index contributed by atoms with van der Waals surface area (Å²) in [6.07, 6.45) is 0.700. The number of benzene rings is 1. The lowest BCUT2D eigenvalue weighted by atomic mass is 10.1. The van der Waals surface area contributed by atoms with Gasteiger partial charge < -0.3 is 4.74 Å². The van der Waals surface area contributed by atoms with E-state index in [1.807, 2.05) is 6.92 Å². The van der Waals surface area contributed by atoms with Gasteiger partial charge in [-0.25, -0.2) is 13.1 Å². The molecular weight excluding hydrogens is 370 g/mol. The van der Waals surface area contributed by atoms with Gasteiger partial charge in [0.25, 0.3) is 11.8 Å². The van der Waals surface area contributed by atoms with Crippen LogP contribution in [-0.4, -0.2) is 81.7 Å². The van der Waals surface area contributed by atoms with Crippen LogP contribution in [0.1, 0.15) is 32.7 Å². The third kappa shape index (κ3) is 4.92. The molecule has 0 aliphatic carbocycles. The van der Waals surface area contributed by atoms with E-state index >= 15 is 0 Å². The molecule has 2 heterocycles. The Kier molecular flexibility index (Phi) is 6.25. The number of hydrogen-bond donors (Lipinski definition) is 1. The first-order valence-electron chi connectivity index (χ1n) is 9.12. The quantitative estimate of drug-likeness (QED) is 0.500. The van der Waals surface area contributed by atoms with E-state index in [1.165, 1.54) is 0 Å². The lowest BCUT2D eigenvalue weighted by Gasteiger charge is -2.26. The van der Waals surface area contributed by atoms with Crippen LogP contribution in [0.4, 0.5) is 0 Å². The molecule has 1 saturated heterocycles. The molecule has 1 aromatic rings. The number of rotatable bonds is 8. The van der Waals surface area contributed by atoms with Gasteiger partial charge in [-0.15, -0.1) is 0 Å². The standard InChI is InChI=1S/C18H25N3O5S/c1-14-3-4-15-16(13-14)18(23)21(17(15)22)9-12-27(24,25)19-5-2-6-20-7-10-26-11-8-20/h3-4,13,19H,2,5-12H2,1H3. The van der Waals surface area contributed by atoms with Gasteiger partial charge in [-0.2, -0.15) is 0 Å². The molecule has 0 spiro atoms. The summed E-state index contributed by atoms with van der Waals surface area (Å²) in [6, 6.07) is 5.04. The maximum absolute atomic E-state index is 12.4. The summed E-state index contributed by atoms with van der Waals surface area (Å²) in [4.78, 5) is 28.0. The van der Waals surface area contributed by atoms with Gasteiger partial charge in [0.15, 0.2) is 0 Å². The monoisotopic (exact) mass is 395 g/mol. The van der Waals surface area contributed by atoms with Gasteiger partial charge in [-0.3, -0.25) is 19.4 Å². The number of nitrogens with zero attached hydrogens (tertiary/aromatic N) is 2. The van der Waals surface area contributed by atoms with Crippen molar-refractivity contribution in [3.8, 4) is 0 Å². The van der Waals surface area contributed by atoms with Crippen LogP contribution in [0.5, 0.6) is 0 Å². The number of amides is 2. The number of fused-ring (bicyclic) bond motifs is 1. The van der Waals surface area contributed by atoms with Gasteiger partial charge in [0.2, 0.25) is 10.0 Å². The largest absolute Gasteiger partial charge is 0.379 e. The molecule has 2 amide bonds. The van der Waals surface area contributed by atoms with Crippen LogP contribution >= 0.6 is 0 Å². The first-order valence-corrected chi connectivity index (χ1v) is 10.8. The zero-order chi connectivity index (χ0) is 19.4. The lowest BCUT2D eigenvalue weighted by Crippen LogP contribution is -2.39. The number of aryl methyl sites for hydroxylation is 1. The van der Waals surface area contributed by atoms with E-state index in [-0.39, 0.29) is 12.3 Å². The molecule has 9 heteroatoms. The maximum Gasteiger partial charge on any atom is 0.261 e. The van der Waals surface area contributed by atoms with Crippen molar-refractivity contribution in [1.82, 2.24) is 14.5 Å². The van der Waals surface area contributed by atoms with E-state index in [9.17, 15) is 18.0 Å². The topological polar surface area (TPSA) is 96.0 Å². The fourth-order valence-electron chi connectivity index (χ4n) is 3.25. The Morgan fingerprint density at radius 2 is 1.78 bits per heavy atom. The fraction of sp³-hybridized carbons (Fsp3) is 0.556. The second-order valence-electron chi connectivity index (χ2n) is 6.83. The number of nitrogens with one attached hydrogen (secondary N) is 1. The van der Waals surface area contributed by atoms with Gasteiger partial charge >= 0.3 is 0 Å². The van der Waals surface area contributed by atoms with Crippen molar-refractivity contribution in [2.45, 2.75) is 13.3 Å². The van der Waals surface area contributed by atoms with E-state index < -0.39 is 21.8 Å². The van der Waals surface area contributed by atoms with Crippen LogP contribution in [0.15, 0.2) is 18.2 Å². The molecule has 0 atom stereocenters. The molecule has 8 nitrogen and oxygen atoms in total. The highest BCUT2D eigenvalue weighted by molar-refractivity contribution is 7.89. The molecule has 1 aromatic carbocycles. The highest BCUT2D eigenvalue weighted by Crippen LogP contribution is 2.23. The number of morpholine rings is 1. The molecular formula is C18H25N3O5S. The predicted molar refractivity (Wildman–Crippen MR) is 100 cm³/mol. The minimum atomic E-state index is -3.55. The average molecular weight is 395 g/mol. The third-order valence-electron chi connectivity index (χ3n) is 4.79. The summed E-state index contributed by atoms with van der Waals surface area (Å²) in [6.45, 7) is 6.00. The van der Waals surface area contributed by atoms with Gasteiger partial charge in [0.05, 0.1) is 30.1 Å². The number of hydrogen-bond acceptors (Lipinski definition) is 6. The lowest BCUT2D eigenvalue weighted by molar-refractivity contribution is 0.0376. The van der Waals surface area contributed by atoms with Crippen molar-refractivity contribution in [3.63, 3.8) is 0 Å². The average Bonchev–Trinajstić information content (AvgIpc) is 2.88. The second kappa shape index (κ2) is 8.47. The Bertz CT molecular complexity index is 818. The van der Waals surface area contributed by atoms with Crippen LogP contribution in [0.3, 0.4) is 0 Å². The van der Waals surface area contributed by atoms with Gasteiger partial charge in [-0.05, 0) is 32.0 Å². The van der Waals surface area contributed by atoms with Crippen molar-refractivity contribution in [2.24, 2.45) is 0 Å². The third-order valence-corrected chi connectivity index (χ3v) is 6.15. The van der Waals surface area contributed by atoms with Crippen LogP contribution in [0.25, 0.3) is 0 Å². The van der Waals surface area contributed by atoms with E-state index in [0.717, 1.165) is 30.1 Å². The van der Waals surface area contributed by atoms with E-state index in [2.05, 4.69) is 9.62 Å². The van der Waals surface area contributed by atoms with Crippen molar-refractivity contribution >= 4 is 21.8 Å². The highest BCUT2D eigenvalue weighted by Gasteiger charge is 2.35. The molecule has 1 fully saturated rings. The van der Waals surface area contributed by atoms with E-state index in [1.54, 1.807) is 18.2 Å². The van der Waals surface area contributed by atoms with E-state index in [0.29, 0.717) is 37.3 Å². The Hall–Kier alpha value is -1.81. The number of sulfonamides is 1. The molecule has 148 valence electrons. The van der Waals surface area contributed by atoms with Crippen molar-refractivity contribution in [3.05, 3.63) is 34.9 Å². The summed E-state index contributed by atoms with van der Waals surface area (Å²) >= 11 is 0. The Balaban J connectivity index is 1.46. The second-order valence-corrected chi connectivity index (χ2v) is 8.76. The fourth-order valence-corrected chi connectivity index (χ4v) is 4.27. The molecule has 3 rings (SSSR count). The predicted octanol–water partition coefficient (Wildman–Crippen LogP) is 0.233. The summed E-state index contributed by atoms with van der Waals surface area (Å²) in [7, 11) is -3.55. The first-order chi connectivity index (χ1) is 12.9. The van der Waals surface area contributed by atoms with Crippen molar-refractivity contribution in [2.75, 3.05) is 51.7 Å². The van der Waals surface area contributed by atoms with Crippen LogP contribution in [-0.2, 0) is 14.8 Å². The molecule has 0 aromatic heterocycles. The number of carbonyl (C=O) groups is 2. The molecule has 0 bridgehead atoms. The van der Waals surface area contributed by atoms with E-state index in [4.69, 9.17) is 4.74 Å². The maximum atomic E-state index is 12.4. The SMILES string of the molecule is Cc1ccc2c(c1)C(=O)N(CCS(=O)(=O)NCCCN1CCOCC1)C2=O. The Morgan fingerprint density at radius 1 is 1.07 bits per heavy atom. The van der Waals surface area contributed by atoms with Crippen LogP contribution in [0.2, 0.25) is 0 Å². The number of carbonyl (C=O) groups excluding carboxylic acids is 2. The molecule has 0 unspecified atom stereocenters. The smallest absolute Gasteiger partial charge is 0.261 e. The summed E-state index contributed by atoms with van der Waals surface area (Å²) in [5.41, 5.74) is 1.56. The van der Waals surface area contributed by atoms with Crippen molar-refractivity contribution in [1.29, 1.82) is 0 Å².